The van der Waals surface area contributed by atoms with Crippen molar-refractivity contribution in [3.05, 3.63) is 35.6 Å². The molecule has 0 aromatic heterocycles. The first-order valence-electron chi connectivity index (χ1n) is 5.65. The van der Waals surface area contributed by atoms with Gasteiger partial charge in [0.15, 0.2) is 0 Å². The number of alkyl halides is 1. The zero-order valence-electron chi connectivity index (χ0n) is 9.47. The fraction of sp³-hybridized carbons (Fsp3) is 0.538. The van der Waals surface area contributed by atoms with Crippen LogP contribution in [0.2, 0.25) is 0 Å². The second-order valence-corrected chi connectivity index (χ2v) is 5.08. The van der Waals surface area contributed by atoms with Crippen molar-refractivity contribution in [2.24, 2.45) is 5.73 Å². The molecule has 1 nitrogen and oxygen atoms in total. The van der Waals surface area contributed by atoms with Crippen LogP contribution in [0.25, 0.3) is 0 Å². The first-order valence-corrected chi connectivity index (χ1v) is 5.65. The molecule has 1 aliphatic carbocycles. The Labute approximate surface area is 94.7 Å². The van der Waals surface area contributed by atoms with Gasteiger partial charge in [-0.15, -0.1) is 0 Å². The van der Waals surface area contributed by atoms with Crippen LogP contribution < -0.4 is 5.73 Å². The van der Waals surface area contributed by atoms with E-state index in [1.54, 1.807) is 19.1 Å². The van der Waals surface area contributed by atoms with Gasteiger partial charge in [-0.25, -0.2) is 8.78 Å². The molecule has 1 aromatic carbocycles. The third kappa shape index (κ3) is 2.24. The van der Waals surface area contributed by atoms with Crippen molar-refractivity contribution >= 4 is 0 Å². The van der Waals surface area contributed by atoms with E-state index >= 15 is 0 Å². The molecule has 0 spiro atoms. The van der Waals surface area contributed by atoms with Crippen molar-refractivity contribution in [1.29, 1.82) is 0 Å². The molecule has 0 aliphatic heterocycles. The third-order valence-corrected chi connectivity index (χ3v) is 3.60. The summed E-state index contributed by atoms with van der Waals surface area (Å²) in [6.45, 7) is 1.62. The minimum absolute atomic E-state index is 0.265. The Kier molecular flexibility index (Phi) is 2.74. The van der Waals surface area contributed by atoms with Crippen LogP contribution in [0.4, 0.5) is 8.78 Å². The summed E-state index contributed by atoms with van der Waals surface area (Å²) in [4.78, 5) is 0. The molecule has 1 saturated carbocycles. The van der Waals surface area contributed by atoms with Crippen molar-refractivity contribution in [3.63, 3.8) is 0 Å². The molecule has 2 N–H and O–H groups in total. The van der Waals surface area contributed by atoms with E-state index in [2.05, 4.69) is 0 Å². The molecule has 0 bridgehead atoms. The quantitative estimate of drug-likeness (QED) is 0.779. The number of hydrogen-bond donors (Lipinski definition) is 1. The van der Waals surface area contributed by atoms with Gasteiger partial charge in [-0.1, -0.05) is 12.1 Å². The summed E-state index contributed by atoms with van der Waals surface area (Å²) in [5.41, 5.74) is 5.59. The van der Waals surface area contributed by atoms with Crippen molar-refractivity contribution in [2.75, 3.05) is 0 Å². The van der Waals surface area contributed by atoms with Crippen LogP contribution in [0.15, 0.2) is 24.3 Å². The number of rotatable bonds is 1. The van der Waals surface area contributed by atoms with E-state index in [1.165, 1.54) is 12.1 Å². The van der Waals surface area contributed by atoms with Gasteiger partial charge in [-0.2, -0.15) is 0 Å². The van der Waals surface area contributed by atoms with Crippen LogP contribution in [0.5, 0.6) is 0 Å². The van der Waals surface area contributed by atoms with Gasteiger partial charge >= 0.3 is 0 Å². The van der Waals surface area contributed by atoms with Crippen molar-refractivity contribution < 1.29 is 8.78 Å². The largest absolute Gasteiger partial charge is 0.321 e. The maximum atomic E-state index is 13.7. The topological polar surface area (TPSA) is 26.0 Å². The summed E-state index contributed by atoms with van der Waals surface area (Å²) in [6.07, 6.45) is 2.18. The Morgan fingerprint density at radius 3 is 2.06 bits per heavy atom. The molecule has 0 saturated heterocycles. The normalized spacial score (nSPS) is 35.0. The monoisotopic (exact) mass is 225 g/mol. The maximum absolute atomic E-state index is 13.7. The fourth-order valence-electron chi connectivity index (χ4n) is 2.29. The summed E-state index contributed by atoms with van der Waals surface area (Å²) < 4.78 is 26.5. The predicted molar refractivity (Wildman–Crippen MR) is 60.2 cm³/mol. The van der Waals surface area contributed by atoms with Gasteiger partial charge < -0.3 is 5.73 Å². The van der Waals surface area contributed by atoms with Crippen LogP contribution in [-0.2, 0) is 5.54 Å². The van der Waals surface area contributed by atoms with Crippen LogP contribution in [0, 0.1) is 5.82 Å². The summed E-state index contributed by atoms with van der Waals surface area (Å²) in [5, 5.41) is 0. The lowest BCUT2D eigenvalue weighted by Crippen LogP contribution is -2.43. The summed E-state index contributed by atoms with van der Waals surface area (Å²) in [7, 11) is 0. The molecule has 0 amide bonds. The molecule has 0 heterocycles. The number of benzene rings is 1. The first-order chi connectivity index (χ1) is 7.41. The lowest BCUT2D eigenvalue weighted by atomic mass is 9.73. The van der Waals surface area contributed by atoms with Crippen LogP contribution >= 0.6 is 0 Å². The Morgan fingerprint density at radius 1 is 1.06 bits per heavy atom. The van der Waals surface area contributed by atoms with Crippen LogP contribution in [0.1, 0.15) is 38.2 Å². The Morgan fingerprint density at radius 2 is 1.56 bits per heavy atom. The van der Waals surface area contributed by atoms with Gasteiger partial charge in [0.1, 0.15) is 11.5 Å². The van der Waals surface area contributed by atoms with Gasteiger partial charge in [0.2, 0.25) is 0 Å². The Hall–Kier alpha value is -0.960. The highest BCUT2D eigenvalue weighted by Gasteiger charge is 2.38. The molecular weight excluding hydrogens is 208 g/mol. The molecule has 1 fully saturated rings. The molecule has 2 rings (SSSR count). The summed E-state index contributed by atoms with van der Waals surface area (Å²) in [5.74, 6) is -0.265. The van der Waals surface area contributed by atoms with Crippen molar-refractivity contribution in [2.45, 2.75) is 43.8 Å². The predicted octanol–water partition coefficient (Wildman–Crippen LogP) is 3.28. The average molecular weight is 225 g/mol. The van der Waals surface area contributed by atoms with E-state index in [1.807, 2.05) is 0 Å². The number of nitrogens with two attached hydrogens (primary N) is 1. The molecule has 3 heteroatoms. The average Bonchev–Trinajstić information content (AvgIpc) is 2.24. The lowest BCUT2D eigenvalue weighted by molar-refractivity contribution is 0.0898. The number of halogens is 2. The van der Waals surface area contributed by atoms with Gasteiger partial charge in [-0.3, -0.25) is 0 Å². The molecule has 0 unspecified atom stereocenters. The van der Waals surface area contributed by atoms with E-state index < -0.39 is 11.2 Å². The Bertz CT molecular complexity index is 360. The zero-order valence-corrected chi connectivity index (χ0v) is 9.47. The van der Waals surface area contributed by atoms with E-state index in [-0.39, 0.29) is 5.82 Å². The van der Waals surface area contributed by atoms with Gasteiger partial charge in [0.05, 0.1) is 0 Å². The summed E-state index contributed by atoms with van der Waals surface area (Å²) >= 11 is 0. The molecule has 0 atom stereocenters. The van der Waals surface area contributed by atoms with Crippen LogP contribution in [-0.4, -0.2) is 5.67 Å². The molecule has 1 aliphatic rings. The van der Waals surface area contributed by atoms with Gasteiger partial charge in [-0.05, 0) is 50.3 Å². The van der Waals surface area contributed by atoms with Crippen molar-refractivity contribution in [3.8, 4) is 0 Å². The minimum Gasteiger partial charge on any atom is -0.321 e. The lowest BCUT2D eigenvalue weighted by Gasteiger charge is -2.39. The smallest absolute Gasteiger partial charge is 0.123 e. The first kappa shape index (κ1) is 11.5. The molecule has 16 heavy (non-hydrogen) atoms. The van der Waals surface area contributed by atoms with Gasteiger partial charge in [0.25, 0.3) is 0 Å². The molecular formula is C13H17F2N. The standard InChI is InChI=1S/C13H17F2N/c1-12(15)6-8-13(16,9-7-12)10-2-4-11(14)5-3-10/h2-5H,6-9,16H2,1H3. The van der Waals surface area contributed by atoms with Crippen molar-refractivity contribution in [1.82, 2.24) is 0 Å². The highest BCUT2D eigenvalue weighted by molar-refractivity contribution is 5.25. The van der Waals surface area contributed by atoms with E-state index in [0.29, 0.717) is 25.7 Å². The second-order valence-electron chi connectivity index (χ2n) is 5.08. The van der Waals surface area contributed by atoms with E-state index in [0.717, 1.165) is 5.56 Å². The molecule has 0 radical (unpaired) electrons. The fourth-order valence-corrected chi connectivity index (χ4v) is 2.29. The highest BCUT2D eigenvalue weighted by atomic mass is 19.1. The second kappa shape index (κ2) is 3.81. The highest BCUT2D eigenvalue weighted by Crippen LogP contribution is 2.41. The van der Waals surface area contributed by atoms with Crippen LogP contribution in [0.3, 0.4) is 0 Å². The van der Waals surface area contributed by atoms with E-state index in [4.69, 9.17) is 5.73 Å². The molecule has 88 valence electrons. The van der Waals surface area contributed by atoms with E-state index in [9.17, 15) is 8.78 Å². The third-order valence-electron chi connectivity index (χ3n) is 3.60. The number of hydrogen-bond acceptors (Lipinski definition) is 1. The minimum atomic E-state index is -1.09. The molecule has 1 aromatic rings. The summed E-state index contributed by atoms with van der Waals surface area (Å²) in [6, 6.07) is 6.23. The SMILES string of the molecule is CC1(F)CCC(N)(c2ccc(F)cc2)CC1. The van der Waals surface area contributed by atoms with Gasteiger partial charge in [0, 0.05) is 5.54 Å². The zero-order chi connectivity index (χ0) is 11.8. The Balaban J connectivity index is 2.18. The maximum Gasteiger partial charge on any atom is 0.123 e.